The summed E-state index contributed by atoms with van der Waals surface area (Å²) in [6.45, 7) is 3.58. The molecule has 0 aliphatic carbocycles. The molecule has 0 spiro atoms. The van der Waals surface area contributed by atoms with Crippen molar-refractivity contribution >= 4 is 29.0 Å². The van der Waals surface area contributed by atoms with Gasteiger partial charge in [0.05, 0.1) is 11.6 Å². The maximum atomic E-state index is 12.7. The van der Waals surface area contributed by atoms with E-state index in [9.17, 15) is 4.79 Å². The van der Waals surface area contributed by atoms with E-state index in [1.54, 1.807) is 12.1 Å². The largest absolute Gasteiger partial charge is 0.354 e. The van der Waals surface area contributed by atoms with Crippen molar-refractivity contribution in [2.45, 2.75) is 19.8 Å². The van der Waals surface area contributed by atoms with Crippen LogP contribution in [-0.4, -0.2) is 29.2 Å². The van der Waals surface area contributed by atoms with Gasteiger partial charge in [-0.25, -0.2) is 0 Å². The first-order valence-corrected chi connectivity index (χ1v) is 10.2. The number of hydrogen-bond acceptors (Lipinski definition) is 4. The number of halogens is 1. The van der Waals surface area contributed by atoms with Gasteiger partial charge in [-0.15, -0.1) is 10.2 Å². The summed E-state index contributed by atoms with van der Waals surface area (Å²) in [4.78, 5) is 14.8. The van der Waals surface area contributed by atoms with Crippen LogP contribution >= 0.6 is 11.6 Å². The van der Waals surface area contributed by atoms with Crippen molar-refractivity contribution in [3.63, 3.8) is 0 Å². The Balaban J connectivity index is 1.43. The molecule has 1 aromatic heterocycles. The molecule has 1 atom stereocenters. The van der Waals surface area contributed by atoms with Crippen molar-refractivity contribution in [3.05, 3.63) is 71.2 Å². The molecule has 6 heteroatoms. The smallest absolute Gasteiger partial charge is 0.229 e. The molecule has 5 nitrogen and oxygen atoms in total. The van der Waals surface area contributed by atoms with Gasteiger partial charge in [0.25, 0.3) is 0 Å². The third-order valence-electron chi connectivity index (χ3n) is 5.30. The van der Waals surface area contributed by atoms with E-state index in [0.717, 1.165) is 42.1 Å². The van der Waals surface area contributed by atoms with Crippen LogP contribution in [0.25, 0.3) is 11.3 Å². The number of amides is 1. The molecular weight excluding hydrogens is 384 g/mol. The fourth-order valence-corrected chi connectivity index (χ4v) is 3.80. The summed E-state index contributed by atoms with van der Waals surface area (Å²) >= 11 is 5.91. The molecule has 1 amide bonds. The van der Waals surface area contributed by atoms with Gasteiger partial charge in [-0.2, -0.15) is 0 Å². The lowest BCUT2D eigenvalue weighted by atomic mass is 9.97. The highest BCUT2D eigenvalue weighted by atomic mass is 35.5. The first-order valence-electron chi connectivity index (χ1n) is 9.81. The highest BCUT2D eigenvalue weighted by Gasteiger charge is 2.27. The average Bonchev–Trinajstić information content (AvgIpc) is 2.76. The van der Waals surface area contributed by atoms with Crippen molar-refractivity contribution in [2.24, 2.45) is 5.92 Å². The average molecular weight is 407 g/mol. The van der Waals surface area contributed by atoms with E-state index in [2.05, 4.69) is 39.5 Å². The van der Waals surface area contributed by atoms with Crippen LogP contribution in [-0.2, 0) is 4.79 Å². The first kappa shape index (κ1) is 19.4. The van der Waals surface area contributed by atoms with Gasteiger partial charge < -0.3 is 10.2 Å². The lowest BCUT2D eigenvalue weighted by Gasteiger charge is -2.32. The van der Waals surface area contributed by atoms with Crippen LogP contribution < -0.4 is 10.2 Å². The van der Waals surface area contributed by atoms with E-state index in [1.165, 1.54) is 5.56 Å². The maximum Gasteiger partial charge on any atom is 0.229 e. The Morgan fingerprint density at radius 2 is 1.86 bits per heavy atom. The Bertz CT molecular complexity index is 989. The molecule has 2 heterocycles. The predicted octanol–water partition coefficient (Wildman–Crippen LogP) is 4.96. The number of hydrogen-bond donors (Lipinski definition) is 1. The molecule has 1 fully saturated rings. The summed E-state index contributed by atoms with van der Waals surface area (Å²) in [5.74, 6) is 0.755. The number of carbonyl (C=O) groups is 1. The van der Waals surface area contributed by atoms with Crippen LogP contribution in [0.1, 0.15) is 18.4 Å². The Morgan fingerprint density at radius 3 is 2.59 bits per heavy atom. The number of piperidine rings is 1. The molecule has 0 radical (unpaired) electrons. The Kier molecular flexibility index (Phi) is 5.76. The van der Waals surface area contributed by atoms with Crippen molar-refractivity contribution < 1.29 is 4.79 Å². The SMILES string of the molecule is Cc1ccccc1-c1ccc(N2CCCC(C(=O)Nc3ccc(Cl)cc3)C2)nn1. The van der Waals surface area contributed by atoms with Crippen molar-refractivity contribution in [2.75, 3.05) is 23.3 Å². The molecule has 1 saturated heterocycles. The Morgan fingerprint density at radius 1 is 1.07 bits per heavy atom. The fourth-order valence-electron chi connectivity index (χ4n) is 3.67. The molecule has 3 aromatic rings. The second-order valence-electron chi connectivity index (χ2n) is 7.37. The van der Waals surface area contributed by atoms with Gasteiger partial charge in [0.1, 0.15) is 0 Å². The number of benzene rings is 2. The maximum absolute atomic E-state index is 12.7. The summed E-state index contributed by atoms with van der Waals surface area (Å²) in [7, 11) is 0. The number of aryl methyl sites for hydroxylation is 1. The number of nitrogens with one attached hydrogen (secondary N) is 1. The fraction of sp³-hybridized carbons (Fsp3) is 0.261. The van der Waals surface area contributed by atoms with Gasteiger partial charge in [0.2, 0.25) is 5.91 Å². The van der Waals surface area contributed by atoms with Gasteiger partial charge in [-0.05, 0) is 61.7 Å². The first-order chi connectivity index (χ1) is 14.1. The number of anilines is 2. The lowest BCUT2D eigenvalue weighted by molar-refractivity contribution is -0.120. The van der Waals surface area contributed by atoms with Crippen LogP contribution in [0, 0.1) is 12.8 Å². The van der Waals surface area contributed by atoms with Gasteiger partial charge in [-0.1, -0.05) is 35.9 Å². The topological polar surface area (TPSA) is 58.1 Å². The zero-order valence-corrected chi connectivity index (χ0v) is 17.1. The molecule has 4 rings (SSSR count). The molecule has 29 heavy (non-hydrogen) atoms. The summed E-state index contributed by atoms with van der Waals surface area (Å²) in [5, 5.41) is 12.5. The molecule has 1 aliphatic rings. The van der Waals surface area contributed by atoms with E-state index in [4.69, 9.17) is 11.6 Å². The molecule has 0 bridgehead atoms. The molecular formula is C23H23ClN4O. The summed E-state index contributed by atoms with van der Waals surface area (Å²) < 4.78 is 0. The molecule has 148 valence electrons. The summed E-state index contributed by atoms with van der Waals surface area (Å²) in [6.07, 6.45) is 1.81. The minimum absolute atomic E-state index is 0.0292. The second kappa shape index (κ2) is 8.62. The van der Waals surface area contributed by atoms with Gasteiger partial charge in [0, 0.05) is 29.4 Å². The number of rotatable bonds is 4. The van der Waals surface area contributed by atoms with Crippen molar-refractivity contribution in [1.29, 1.82) is 0 Å². The minimum atomic E-state index is -0.0859. The Labute approximate surface area is 175 Å². The van der Waals surface area contributed by atoms with Gasteiger partial charge in [-0.3, -0.25) is 4.79 Å². The van der Waals surface area contributed by atoms with Gasteiger partial charge >= 0.3 is 0 Å². The van der Waals surface area contributed by atoms with E-state index in [0.29, 0.717) is 11.6 Å². The molecule has 2 aromatic carbocycles. The molecule has 1 aliphatic heterocycles. The van der Waals surface area contributed by atoms with E-state index < -0.39 is 0 Å². The third-order valence-corrected chi connectivity index (χ3v) is 5.55. The quantitative estimate of drug-likeness (QED) is 0.665. The van der Waals surface area contributed by atoms with Gasteiger partial charge in [0.15, 0.2) is 5.82 Å². The summed E-state index contributed by atoms with van der Waals surface area (Å²) in [5.41, 5.74) is 3.89. The predicted molar refractivity (Wildman–Crippen MR) is 117 cm³/mol. The Hall–Kier alpha value is -2.92. The highest BCUT2D eigenvalue weighted by molar-refractivity contribution is 6.30. The monoisotopic (exact) mass is 406 g/mol. The van der Waals surface area contributed by atoms with Crippen molar-refractivity contribution in [1.82, 2.24) is 10.2 Å². The normalized spacial score (nSPS) is 16.5. The lowest BCUT2D eigenvalue weighted by Crippen LogP contribution is -2.41. The van der Waals surface area contributed by atoms with Crippen LogP contribution in [0.15, 0.2) is 60.7 Å². The van der Waals surface area contributed by atoms with E-state index in [-0.39, 0.29) is 11.8 Å². The van der Waals surface area contributed by atoms with Crippen LogP contribution in [0.2, 0.25) is 5.02 Å². The third kappa shape index (κ3) is 4.57. The van der Waals surface area contributed by atoms with Crippen LogP contribution in [0.3, 0.4) is 0 Å². The minimum Gasteiger partial charge on any atom is -0.354 e. The van der Waals surface area contributed by atoms with Crippen LogP contribution in [0.5, 0.6) is 0 Å². The standard InChI is InChI=1S/C23H23ClN4O/c1-16-5-2-3-7-20(16)21-12-13-22(27-26-21)28-14-4-6-17(15-28)23(29)25-19-10-8-18(24)9-11-19/h2-3,5,7-13,17H,4,6,14-15H2,1H3,(H,25,29). The molecule has 1 N–H and O–H groups in total. The summed E-state index contributed by atoms with van der Waals surface area (Å²) in [6, 6.07) is 19.3. The van der Waals surface area contributed by atoms with Crippen LogP contribution in [0.4, 0.5) is 11.5 Å². The second-order valence-corrected chi connectivity index (χ2v) is 7.81. The van der Waals surface area contributed by atoms with E-state index in [1.807, 2.05) is 36.4 Å². The number of aromatic nitrogens is 2. The number of carbonyl (C=O) groups excluding carboxylic acids is 1. The van der Waals surface area contributed by atoms with E-state index >= 15 is 0 Å². The zero-order valence-electron chi connectivity index (χ0n) is 16.3. The molecule has 0 saturated carbocycles. The highest BCUT2D eigenvalue weighted by Crippen LogP contribution is 2.25. The molecule has 1 unspecified atom stereocenters. The number of nitrogens with zero attached hydrogens (tertiary/aromatic N) is 3. The van der Waals surface area contributed by atoms with Crippen molar-refractivity contribution in [3.8, 4) is 11.3 Å². The zero-order chi connectivity index (χ0) is 20.2.